The van der Waals surface area contributed by atoms with Gasteiger partial charge in [-0.3, -0.25) is 14.3 Å². The van der Waals surface area contributed by atoms with Gasteiger partial charge in [0, 0.05) is 11.7 Å². The number of aliphatic hydroxyl groups is 2. The third-order valence-corrected chi connectivity index (χ3v) is 5.18. The maximum atomic E-state index is 12.3. The molecular weight excluding hydrogens is 332 g/mol. The van der Waals surface area contributed by atoms with Crippen LogP contribution in [0.2, 0.25) is 0 Å². The van der Waals surface area contributed by atoms with Gasteiger partial charge in [-0.2, -0.15) is 0 Å². The van der Waals surface area contributed by atoms with E-state index in [1.54, 1.807) is 0 Å². The summed E-state index contributed by atoms with van der Waals surface area (Å²) in [6.45, 7) is -0.842. The highest BCUT2D eigenvalue weighted by Crippen LogP contribution is 2.40. The number of thioether (sulfide) groups is 1. The first kappa shape index (κ1) is 17.0. The van der Waals surface area contributed by atoms with E-state index in [1.165, 1.54) is 16.3 Å². The summed E-state index contributed by atoms with van der Waals surface area (Å²) in [6.07, 6.45) is -0.768. The molecule has 1 aliphatic rings. The third-order valence-electron chi connectivity index (χ3n) is 3.97. The van der Waals surface area contributed by atoms with Crippen LogP contribution in [0.3, 0.4) is 0 Å². The Morgan fingerprint density at radius 1 is 1.25 bits per heavy atom. The number of hydrogen-bond acceptors (Lipinski definition) is 6. The molecule has 0 radical (unpaired) electrons. The summed E-state index contributed by atoms with van der Waals surface area (Å²) in [6, 6.07) is 9.66. The summed E-state index contributed by atoms with van der Waals surface area (Å²) < 4.78 is 6.68. The van der Waals surface area contributed by atoms with Gasteiger partial charge in [-0.25, -0.2) is 4.79 Å². The molecule has 1 aromatic carbocycles. The van der Waals surface area contributed by atoms with E-state index in [0.717, 1.165) is 5.56 Å². The van der Waals surface area contributed by atoms with Gasteiger partial charge in [-0.15, -0.1) is 11.8 Å². The highest BCUT2D eigenvalue weighted by atomic mass is 32.2. The number of aromatic amines is 1. The predicted octanol–water partition coefficient (Wildman–Crippen LogP) is 0.102. The Morgan fingerprint density at radius 3 is 2.62 bits per heavy atom. The first-order chi connectivity index (χ1) is 11.7. The van der Waals surface area contributed by atoms with Crippen molar-refractivity contribution in [2.45, 2.75) is 23.8 Å². The normalized spacial score (nSPS) is 16.5. The molecule has 3 rings (SSSR count). The second-order valence-corrected chi connectivity index (χ2v) is 6.47. The third kappa shape index (κ3) is 3.18. The number of hydrogen-bond donors (Lipinski definition) is 3. The van der Waals surface area contributed by atoms with E-state index < -0.39 is 11.8 Å². The summed E-state index contributed by atoms with van der Waals surface area (Å²) in [4.78, 5) is 26.8. The van der Waals surface area contributed by atoms with Crippen LogP contribution in [0, 0.1) is 0 Å². The van der Waals surface area contributed by atoms with E-state index in [0.29, 0.717) is 16.3 Å². The second kappa shape index (κ2) is 7.35. The Labute approximate surface area is 141 Å². The molecule has 0 bridgehead atoms. The molecule has 1 aromatic heterocycles. The Bertz CT molecular complexity index is 813. The van der Waals surface area contributed by atoms with E-state index in [9.17, 15) is 9.59 Å². The Hall–Kier alpha value is -1.87. The van der Waals surface area contributed by atoms with Gasteiger partial charge in [-0.1, -0.05) is 30.3 Å². The fourth-order valence-corrected chi connectivity index (χ4v) is 4.05. The summed E-state index contributed by atoms with van der Waals surface area (Å²) >= 11 is 1.43. The van der Waals surface area contributed by atoms with Gasteiger partial charge >= 0.3 is 5.69 Å². The van der Waals surface area contributed by atoms with Crippen LogP contribution >= 0.6 is 11.8 Å². The molecular formula is C16H18N2O5S. The maximum absolute atomic E-state index is 12.3. The maximum Gasteiger partial charge on any atom is 0.331 e. The van der Waals surface area contributed by atoms with Crippen LogP contribution in [0.15, 0.2) is 44.9 Å². The molecule has 7 nitrogen and oxygen atoms in total. The average Bonchev–Trinajstić information content (AvgIpc) is 3.04. The van der Waals surface area contributed by atoms with Crippen LogP contribution in [-0.2, 0) is 11.5 Å². The van der Waals surface area contributed by atoms with Crippen LogP contribution in [0.5, 0.6) is 0 Å². The molecule has 0 saturated carbocycles. The summed E-state index contributed by atoms with van der Waals surface area (Å²) in [7, 11) is 0. The van der Waals surface area contributed by atoms with Crippen molar-refractivity contribution < 1.29 is 14.9 Å². The van der Waals surface area contributed by atoms with Crippen molar-refractivity contribution in [2.24, 2.45) is 0 Å². The molecule has 2 heterocycles. The smallest absolute Gasteiger partial charge is 0.331 e. The van der Waals surface area contributed by atoms with Crippen molar-refractivity contribution in [3.63, 3.8) is 0 Å². The zero-order valence-corrected chi connectivity index (χ0v) is 13.7. The minimum atomic E-state index is -0.768. The molecule has 0 aliphatic carbocycles. The first-order valence-corrected chi connectivity index (χ1v) is 8.52. The summed E-state index contributed by atoms with van der Waals surface area (Å²) in [5, 5.41) is 18.7. The van der Waals surface area contributed by atoms with Gasteiger partial charge in [0.25, 0.3) is 5.56 Å². The lowest BCUT2D eigenvalue weighted by Gasteiger charge is -2.16. The molecule has 2 aromatic rings. The van der Waals surface area contributed by atoms with Crippen molar-refractivity contribution in [3.8, 4) is 0 Å². The standard InChI is InChI=1S/C16H18N2O5S/c19-6-11(7-20)23-9-18-15-13(14(21)17-16(18)22)12(8-24-15)10-4-2-1-3-5-10/h1-5,11-12,19-20H,6-9H2,(H,17,21,22). The summed E-state index contributed by atoms with van der Waals surface area (Å²) in [5.74, 6) is 0.572. The lowest BCUT2D eigenvalue weighted by molar-refractivity contribution is -0.0538. The van der Waals surface area contributed by atoms with E-state index in [-0.39, 0.29) is 31.4 Å². The first-order valence-electron chi connectivity index (χ1n) is 7.53. The molecule has 1 unspecified atom stereocenters. The van der Waals surface area contributed by atoms with Gasteiger partial charge in [-0.05, 0) is 5.56 Å². The van der Waals surface area contributed by atoms with Gasteiger partial charge in [0.05, 0.1) is 23.8 Å². The van der Waals surface area contributed by atoms with Crippen molar-refractivity contribution in [1.82, 2.24) is 9.55 Å². The van der Waals surface area contributed by atoms with Gasteiger partial charge in [0.1, 0.15) is 12.8 Å². The van der Waals surface area contributed by atoms with E-state index >= 15 is 0 Å². The number of aromatic nitrogens is 2. The number of H-pyrrole nitrogens is 1. The molecule has 1 atom stereocenters. The van der Waals surface area contributed by atoms with Crippen molar-refractivity contribution >= 4 is 11.8 Å². The van der Waals surface area contributed by atoms with Gasteiger partial charge in [0.15, 0.2) is 0 Å². The van der Waals surface area contributed by atoms with Crippen LogP contribution in [-0.4, -0.2) is 44.8 Å². The van der Waals surface area contributed by atoms with Crippen LogP contribution in [0.1, 0.15) is 17.0 Å². The molecule has 24 heavy (non-hydrogen) atoms. The molecule has 0 fully saturated rings. The highest BCUT2D eigenvalue weighted by molar-refractivity contribution is 7.99. The fourth-order valence-electron chi connectivity index (χ4n) is 2.68. The molecule has 0 saturated heterocycles. The largest absolute Gasteiger partial charge is 0.394 e. The van der Waals surface area contributed by atoms with E-state index in [1.807, 2.05) is 30.3 Å². The number of aliphatic hydroxyl groups excluding tert-OH is 2. The lowest BCUT2D eigenvalue weighted by Crippen LogP contribution is -2.35. The minimum Gasteiger partial charge on any atom is -0.394 e. The minimum absolute atomic E-state index is 0.0896. The molecule has 8 heteroatoms. The summed E-state index contributed by atoms with van der Waals surface area (Å²) in [5.41, 5.74) is 0.628. The van der Waals surface area contributed by atoms with Crippen molar-refractivity contribution in [3.05, 3.63) is 62.3 Å². The SMILES string of the molecule is O=c1[nH]c(=O)n(COC(CO)CO)c2c1C(c1ccccc1)CS2. The molecule has 3 N–H and O–H groups in total. The Balaban J connectivity index is 1.98. The van der Waals surface area contributed by atoms with Gasteiger partial charge in [0.2, 0.25) is 0 Å². The molecule has 0 spiro atoms. The topological polar surface area (TPSA) is 105 Å². The zero-order chi connectivity index (χ0) is 17.1. The fraction of sp³-hybridized carbons (Fsp3) is 0.375. The van der Waals surface area contributed by atoms with E-state index in [2.05, 4.69) is 4.98 Å². The van der Waals surface area contributed by atoms with Crippen LogP contribution in [0.25, 0.3) is 0 Å². The second-order valence-electron chi connectivity index (χ2n) is 5.46. The van der Waals surface area contributed by atoms with E-state index in [4.69, 9.17) is 14.9 Å². The molecule has 0 amide bonds. The number of benzene rings is 1. The van der Waals surface area contributed by atoms with Crippen molar-refractivity contribution in [2.75, 3.05) is 19.0 Å². The van der Waals surface area contributed by atoms with Crippen LogP contribution in [0.4, 0.5) is 0 Å². The zero-order valence-electron chi connectivity index (χ0n) is 12.8. The van der Waals surface area contributed by atoms with Gasteiger partial charge < -0.3 is 14.9 Å². The number of fused-ring (bicyclic) bond motifs is 1. The number of rotatable bonds is 6. The monoisotopic (exact) mass is 350 g/mol. The van der Waals surface area contributed by atoms with Crippen molar-refractivity contribution in [1.29, 1.82) is 0 Å². The highest BCUT2D eigenvalue weighted by Gasteiger charge is 2.31. The Kier molecular flexibility index (Phi) is 5.20. The lowest BCUT2D eigenvalue weighted by atomic mass is 9.95. The average molecular weight is 350 g/mol. The quantitative estimate of drug-likeness (QED) is 0.639. The number of nitrogens with zero attached hydrogens (tertiary/aromatic N) is 1. The number of ether oxygens (including phenoxy) is 1. The predicted molar refractivity (Wildman–Crippen MR) is 89.4 cm³/mol. The molecule has 1 aliphatic heterocycles. The van der Waals surface area contributed by atoms with Crippen LogP contribution < -0.4 is 11.2 Å². The Morgan fingerprint density at radius 2 is 1.96 bits per heavy atom. The molecule has 128 valence electrons. The number of nitrogens with one attached hydrogen (secondary N) is 1.